The maximum absolute atomic E-state index is 13.0. The molecule has 26 heavy (non-hydrogen) atoms. The average Bonchev–Trinajstić information content (AvgIpc) is 2.81. The Kier molecular flexibility index (Phi) is 5.35. The Balaban J connectivity index is 1.44. The summed E-state index contributed by atoms with van der Waals surface area (Å²) in [5.74, 6) is 0.221. The molecule has 0 amide bonds. The number of benzene rings is 2. The summed E-state index contributed by atoms with van der Waals surface area (Å²) < 4.78 is 1.93. The first-order valence-electron chi connectivity index (χ1n) is 10.1. The van der Waals surface area contributed by atoms with Crippen LogP contribution in [-0.2, 0) is 0 Å². The maximum atomic E-state index is 13.0. The Morgan fingerprint density at radius 2 is 1.35 bits per heavy atom. The Hall–Kier alpha value is -2.13. The molecule has 1 fully saturated rings. The van der Waals surface area contributed by atoms with Gasteiger partial charge in [-0.2, -0.15) is 0 Å². The van der Waals surface area contributed by atoms with E-state index in [0.29, 0.717) is 6.42 Å². The molecule has 3 aromatic rings. The zero-order chi connectivity index (χ0) is 17.8. The molecule has 1 aliphatic rings. The lowest BCUT2D eigenvalue weighted by Crippen LogP contribution is -2.25. The molecule has 0 bridgehead atoms. The number of para-hydroxylation sites is 2. The number of aromatic nitrogens is 1. The van der Waals surface area contributed by atoms with Crippen LogP contribution in [0, 0.1) is 0 Å². The quantitative estimate of drug-likeness (QED) is 0.570. The molecule has 1 aromatic heterocycles. The molecule has 1 saturated heterocycles. The van der Waals surface area contributed by atoms with Crippen molar-refractivity contribution in [3.05, 3.63) is 48.5 Å². The first kappa shape index (κ1) is 17.3. The number of hydrogen-bond donors (Lipinski definition) is 0. The normalized spacial score (nSPS) is 16.2. The number of hydrogen-bond acceptors (Lipinski definition) is 2. The molecule has 136 valence electrons. The fraction of sp³-hybridized carbons (Fsp3) is 0.435. The highest BCUT2D eigenvalue weighted by molar-refractivity contribution is 6.13. The van der Waals surface area contributed by atoms with Crippen LogP contribution in [0.4, 0.5) is 0 Å². The van der Waals surface area contributed by atoms with Gasteiger partial charge in [0.15, 0.2) is 0 Å². The van der Waals surface area contributed by atoms with Crippen molar-refractivity contribution in [3.8, 4) is 0 Å². The molecule has 0 N–H and O–H groups in total. The van der Waals surface area contributed by atoms with Gasteiger partial charge >= 0.3 is 0 Å². The number of likely N-dealkylation sites (tertiary alicyclic amines) is 1. The number of nitrogens with zero attached hydrogens (tertiary/aromatic N) is 2. The summed E-state index contributed by atoms with van der Waals surface area (Å²) in [6.07, 6.45) is 8.13. The van der Waals surface area contributed by atoms with Gasteiger partial charge in [-0.15, -0.1) is 0 Å². The van der Waals surface area contributed by atoms with Gasteiger partial charge in [0.05, 0.1) is 11.0 Å². The fourth-order valence-electron chi connectivity index (χ4n) is 4.27. The van der Waals surface area contributed by atoms with Crippen LogP contribution in [0.15, 0.2) is 48.5 Å². The van der Waals surface area contributed by atoms with Crippen LogP contribution in [0.3, 0.4) is 0 Å². The highest BCUT2D eigenvalue weighted by Crippen LogP contribution is 2.29. The number of carbonyl (C=O) groups is 1. The van der Waals surface area contributed by atoms with Crippen LogP contribution < -0.4 is 0 Å². The fourth-order valence-corrected chi connectivity index (χ4v) is 4.27. The van der Waals surface area contributed by atoms with Gasteiger partial charge in [0.25, 0.3) is 0 Å². The molecule has 0 saturated carbocycles. The van der Waals surface area contributed by atoms with Crippen LogP contribution in [0.2, 0.25) is 0 Å². The molecular weight excluding hydrogens is 320 g/mol. The molecule has 0 aliphatic carbocycles. The lowest BCUT2D eigenvalue weighted by Gasteiger charge is -2.19. The summed E-state index contributed by atoms with van der Waals surface area (Å²) in [6, 6.07) is 16.5. The number of fused-ring (bicyclic) bond motifs is 3. The van der Waals surface area contributed by atoms with Crippen molar-refractivity contribution in [1.29, 1.82) is 0 Å². The van der Waals surface area contributed by atoms with Gasteiger partial charge in [0.1, 0.15) is 0 Å². The number of rotatable bonds is 5. The van der Waals surface area contributed by atoms with Gasteiger partial charge in [0.2, 0.25) is 5.91 Å². The highest BCUT2D eigenvalue weighted by atomic mass is 16.2. The van der Waals surface area contributed by atoms with Crippen molar-refractivity contribution < 1.29 is 4.79 Å². The summed E-state index contributed by atoms with van der Waals surface area (Å²) >= 11 is 0. The van der Waals surface area contributed by atoms with Crippen molar-refractivity contribution in [2.75, 3.05) is 19.6 Å². The van der Waals surface area contributed by atoms with E-state index in [0.717, 1.165) is 30.4 Å². The zero-order valence-electron chi connectivity index (χ0n) is 15.5. The van der Waals surface area contributed by atoms with E-state index in [2.05, 4.69) is 29.2 Å². The SMILES string of the molecule is O=C(CCCCN1CCCCCC1)n1c2ccccc2c2ccccc21. The van der Waals surface area contributed by atoms with Gasteiger partial charge < -0.3 is 4.90 Å². The maximum Gasteiger partial charge on any atom is 0.231 e. The minimum Gasteiger partial charge on any atom is -0.303 e. The first-order chi connectivity index (χ1) is 12.8. The van der Waals surface area contributed by atoms with Crippen LogP contribution in [-0.4, -0.2) is 35.0 Å². The third kappa shape index (κ3) is 3.54. The topological polar surface area (TPSA) is 25.2 Å². The Morgan fingerprint density at radius 3 is 1.96 bits per heavy atom. The largest absolute Gasteiger partial charge is 0.303 e. The molecule has 3 nitrogen and oxygen atoms in total. The minimum absolute atomic E-state index is 0.221. The van der Waals surface area contributed by atoms with Crippen LogP contribution in [0.5, 0.6) is 0 Å². The Labute approximate surface area is 155 Å². The molecule has 3 heteroatoms. The van der Waals surface area contributed by atoms with Gasteiger partial charge in [0, 0.05) is 17.2 Å². The standard InChI is InChI=1S/C23H28N2O/c26-23(15-7-10-18-24-16-8-1-2-9-17-24)25-21-13-5-3-11-19(21)20-12-4-6-14-22(20)25/h3-6,11-14H,1-2,7-10,15-18H2. The van der Waals surface area contributed by atoms with Crippen molar-refractivity contribution in [2.45, 2.75) is 44.9 Å². The second-order valence-electron chi connectivity index (χ2n) is 7.48. The molecule has 1 aliphatic heterocycles. The zero-order valence-corrected chi connectivity index (χ0v) is 15.5. The predicted molar refractivity (Wildman–Crippen MR) is 109 cm³/mol. The lowest BCUT2D eigenvalue weighted by molar-refractivity contribution is 0.0908. The highest BCUT2D eigenvalue weighted by Gasteiger charge is 2.15. The number of carbonyl (C=O) groups excluding carboxylic acids is 1. The molecule has 0 atom stereocenters. The van der Waals surface area contributed by atoms with Crippen LogP contribution in [0.25, 0.3) is 21.8 Å². The molecule has 2 aromatic carbocycles. The minimum atomic E-state index is 0.221. The molecule has 0 unspecified atom stereocenters. The van der Waals surface area contributed by atoms with Crippen molar-refractivity contribution in [2.24, 2.45) is 0 Å². The monoisotopic (exact) mass is 348 g/mol. The van der Waals surface area contributed by atoms with Crippen molar-refractivity contribution in [1.82, 2.24) is 9.47 Å². The summed E-state index contributed by atoms with van der Waals surface area (Å²) in [5.41, 5.74) is 2.07. The van der Waals surface area contributed by atoms with E-state index in [4.69, 9.17) is 0 Å². The third-order valence-corrected chi connectivity index (χ3v) is 5.64. The smallest absolute Gasteiger partial charge is 0.231 e. The van der Waals surface area contributed by atoms with E-state index >= 15 is 0 Å². The van der Waals surface area contributed by atoms with E-state index in [1.165, 1.54) is 49.5 Å². The summed E-state index contributed by atoms with van der Waals surface area (Å²) in [6.45, 7) is 3.61. The third-order valence-electron chi connectivity index (χ3n) is 5.64. The van der Waals surface area contributed by atoms with Gasteiger partial charge in [-0.1, -0.05) is 49.2 Å². The van der Waals surface area contributed by atoms with Gasteiger partial charge in [-0.05, 0) is 57.5 Å². The van der Waals surface area contributed by atoms with E-state index in [9.17, 15) is 4.79 Å². The average molecular weight is 348 g/mol. The van der Waals surface area contributed by atoms with Gasteiger partial charge in [-0.25, -0.2) is 0 Å². The van der Waals surface area contributed by atoms with Crippen LogP contribution in [0.1, 0.15) is 49.7 Å². The van der Waals surface area contributed by atoms with E-state index < -0.39 is 0 Å². The summed E-state index contributed by atoms with van der Waals surface area (Å²) in [7, 11) is 0. The molecule has 0 radical (unpaired) electrons. The Morgan fingerprint density at radius 1 is 0.769 bits per heavy atom. The van der Waals surface area contributed by atoms with Gasteiger partial charge in [-0.3, -0.25) is 9.36 Å². The summed E-state index contributed by atoms with van der Waals surface area (Å²) in [4.78, 5) is 15.6. The molecule has 0 spiro atoms. The predicted octanol–water partition coefficient (Wildman–Crippen LogP) is 5.48. The van der Waals surface area contributed by atoms with E-state index in [-0.39, 0.29) is 5.91 Å². The van der Waals surface area contributed by atoms with E-state index in [1.807, 2.05) is 28.8 Å². The molecule has 4 rings (SSSR count). The first-order valence-corrected chi connectivity index (χ1v) is 10.1. The molecular formula is C23H28N2O. The summed E-state index contributed by atoms with van der Waals surface area (Å²) in [5, 5.41) is 2.34. The van der Waals surface area contributed by atoms with E-state index in [1.54, 1.807) is 0 Å². The molecule has 2 heterocycles. The number of unbranched alkanes of at least 4 members (excludes halogenated alkanes) is 1. The van der Waals surface area contributed by atoms with Crippen LogP contribution >= 0.6 is 0 Å². The Bertz CT molecular complexity index is 834. The second-order valence-corrected chi connectivity index (χ2v) is 7.48. The van der Waals surface area contributed by atoms with Crippen molar-refractivity contribution >= 4 is 27.7 Å². The lowest BCUT2D eigenvalue weighted by atomic mass is 10.2. The second kappa shape index (κ2) is 8.05. The van der Waals surface area contributed by atoms with Crippen molar-refractivity contribution in [3.63, 3.8) is 0 Å².